The van der Waals surface area contributed by atoms with Gasteiger partial charge in [-0.25, -0.2) is 22.1 Å². The molecular weight excluding hydrogens is 427 g/mol. The Morgan fingerprint density at radius 2 is 2.03 bits per heavy atom. The second kappa shape index (κ2) is 8.37. The number of hydrogen-bond acceptors (Lipinski definition) is 6. The predicted octanol–water partition coefficient (Wildman–Crippen LogP) is 3.04. The molecule has 1 fully saturated rings. The number of carbonyl (C=O) groups excluding carboxylic acids is 1. The molecule has 0 spiro atoms. The van der Waals surface area contributed by atoms with Crippen molar-refractivity contribution in [2.75, 3.05) is 24.2 Å². The molecule has 0 atom stereocenters. The van der Waals surface area contributed by atoms with Crippen molar-refractivity contribution < 1.29 is 17.6 Å². The summed E-state index contributed by atoms with van der Waals surface area (Å²) < 4.78 is 39.2. The zero-order valence-corrected chi connectivity index (χ0v) is 18.0. The van der Waals surface area contributed by atoms with E-state index in [-0.39, 0.29) is 24.2 Å². The molecule has 1 aliphatic rings. The molecule has 7 nitrogen and oxygen atoms in total. The number of aromatic nitrogens is 2. The van der Waals surface area contributed by atoms with Gasteiger partial charge in [0.1, 0.15) is 5.82 Å². The largest absolute Gasteiger partial charge is 0.282 e. The van der Waals surface area contributed by atoms with Crippen molar-refractivity contribution in [1.29, 1.82) is 0 Å². The molecule has 3 heterocycles. The number of rotatable bonds is 5. The van der Waals surface area contributed by atoms with Crippen LogP contribution < -0.4 is 4.90 Å². The fourth-order valence-corrected chi connectivity index (χ4v) is 5.42. The molecule has 0 aliphatic carbocycles. The van der Waals surface area contributed by atoms with Crippen LogP contribution in [0.15, 0.2) is 42.6 Å². The maximum absolute atomic E-state index is 13.6. The van der Waals surface area contributed by atoms with E-state index in [4.69, 9.17) is 0 Å². The molecule has 0 N–H and O–H groups in total. The molecule has 0 unspecified atom stereocenters. The average Bonchev–Trinajstić information content (AvgIpc) is 3.14. The van der Waals surface area contributed by atoms with E-state index >= 15 is 0 Å². The highest BCUT2D eigenvalue weighted by Crippen LogP contribution is 2.32. The zero-order valence-electron chi connectivity index (χ0n) is 16.4. The first-order chi connectivity index (χ1) is 14.3. The van der Waals surface area contributed by atoms with E-state index in [1.54, 1.807) is 23.2 Å². The third-order valence-corrected chi connectivity index (χ3v) is 7.50. The molecular formula is C20H21FN4O3S2. The highest BCUT2D eigenvalue weighted by molar-refractivity contribution is 7.88. The molecule has 10 heteroatoms. The van der Waals surface area contributed by atoms with Crippen LogP contribution in [0.25, 0.3) is 10.2 Å². The first-order valence-corrected chi connectivity index (χ1v) is 12.2. The standard InChI is InChI=1S/C20H21FN4O3S2/c1-30(27,28)24-10-7-14(8-11-24)19(26)25(13-16-4-2-3-9-22-16)20-23-17-6-5-15(21)12-18(17)29-20/h2-6,9,12,14H,7-8,10-11,13H2,1H3. The maximum Gasteiger partial charge on any atom is 0.232 e. The van der Waals surface area contributed by atoms with E-state index in [9.17, 15) is 17.6 Å². The molecule has 1 amide bonds. The lowest BCUT2D eigenvalue weighted by Crippen LogP contribution is -2.44. The SMILES string of the molecule is CS(=O)(=O)N1CCC(C(=O)N(Cc2ccccn2)c2nc3ccc(F)cc3s2)CC1. The van der Waals surface area contributed by atoms with Gasteiger partial charge in [0, 0.05) is 25.2 Å². The fourth-order valence-electron chi connectivity index (χ4n) is 3.55. The second-order valence-corrected chi connectivity index (χ2v) is 10.3. The molecule has 30 heavy (non-hydrogen) atoms. The van der Waals surface area contributed by atoms with Crippen LogP contribution in [-0.2, 0) is 21.4 Å². The molecule has 0 saturated carbocycles. The summed E-state index contributed by atoms with van der Waals surface area (Å²) in [6.45, 7) is 0.879. The molecule has 4 rings (SSSR count). The molecule has 2 aromatic heterocycles. The maximum atomic E-state index is 13.6. The summed E-state index contributed by atoms with van der Waals surface area (Å²) in [4.78, 5) is 23.9. The number of nitrogens with zero attached hydrogens (tertiary/aromatic N) is 4. The Morgan fingerprint density at radius 3 is 2.70 bits per heavy atom. The summed E-state index contributed by atoms with van der Waals surface area (Å²) in [5.41, 5.74) is 1.34. The Labute approximate surface area is 178 Å². The summed E-state index contributed by atoms with van der Waals surface area (Å²) in [7, 11) is -3.26. The van der Waals surface area contributed by atoms with Gasteiger partial charge >= 0.3 is 0 Å². The minimum absolute atomic E-state index is 0.117. The first kappa shape index (κ1) is 20.8. The number of piperidine rings is 1. The van der Waals surface area contributed by atoms with Gasteiger partial charge in [-0.3, -0.25) is 14.7 Å². The van der Waals surface area contributed by atoms with E-state index in [1.807, 2.05) is 12.1 Å². The molecule has 1 aliphatic heterocycles. The number of carbonyl (C=O) groups is 1. The Bertz CT molecular complexity index is 1160. The van der Waals surface area contributed by atoms with E-state index < -0.39 is 10.0 Å². The van der Waals surface area contributed by atoms with E-state index in [0.29, 0.717) is 47.0 Å². The summed E-state index contributed by atoms with van der Waals surface area (Å²) in [6.07, 6.45) is 3.74. The van der Waals surface area contributed by atoms with Crippen LogP contribution in [0.1, 0.15) is 18.5 Å². The average molecular weight is 449 g/mol. The normalized spacial score (nSPS) is 16.1. The van der Waals surface area contributed by atoms with Crippen LogP contribution in [0.2, 0.25) is 0 Å². The molecule has 3 aromatic rings. The third kappa shape index (κ3) is 4.50. The van der Waals surface area contributed by atoms with Crippen molar-refractivity contribution in [3.63, 3.8) is 0 Å². The Morgan fingerprint density at radius 1 is 1.27 bits per heavy atom. The van der Waals surface area contributed by atoms with Crippen LogP contribution in [-0.4, -0.2) is 47.9 Å². The lowest BCUT2D eigenvalue weighted by Gasteiger charge is -2.32. The number of pyridine rings is 1. The highest BCUT2D eigenvalue weighted by atomic mass is 32.2. The molecule has 1 saturated heterocycles. The quantitative estimate of drug-likeness (QED) is 0.599. The van der Waals surface area contributed by atoms with Gasteiger partial charge in [0.2, 0.25) is 15.9 Å². The second-order valence-electron chi connectivity index (χ2n) is 7.29. The van der Waals surface area contributed by atoms with E-state index in [1.165, 1.54) is 34.0 Å². The van der Waals surface area contributed by atoms with E-state index in [2.05, 4.69) is 9.97 Å². The summed E-state index contributed by atoms with van der Waals surface area (Å²) >= 11 is 1.26. The molecule has 158 valence electrons. The third-order valence-electron chi connectivity index (χ3n) is 5.15. The van der Waals surface area contributed by atoms with Gasteiger partial charge in [0.25, 0.3) is 0 Å². The first-order valence-electron chi connectivity index (χ1n) is 9.54. The molecule has 0 bridgehead atoms. The van der Waals surface area contributed by atoms with Crippen LogP contribution in [0, 0.1) is 11.7 Å². The van der Waals surface area contributed by atoms with Gasteiger partial charge in [-0.15, -0.1) is 0 Å². The van der Waals surface area contributed by atoms with Crippen LogP contribution >= 0.6 is 11.3 Å². The predicted molar refractivity (Wildman–Crippen MR) is 114 cm³/mol. The van der Waals surface area contributed by atoms with Crippen molar-refractivity contribution in [3.05, 3.63) is 54.1 Å². The lowest BCUT2D eigenvalue weighted by molar-refractivity contribution is -0.123. The fraction of sp³-hybridized carbons (Fsp3) is 0.350. The van der Waals surface area contributed by atoms with Crippen molar-refractivity contribution >= 4 is 42.6 Å². The Hall–Kier alpha value is -2.43. The van der Waals surface area contributed by atoms with Gasteiger partial charge in [-0.2, -0.15) is 0 Å². The van der Waals surface area contributed by atoms with Gasteiger partial charge in [0.15, 0.2) is 5.13 Å². The minimum Gasteiger partial charge on any atom is -0.282 e. The number of amides is 1. The monoisotopic (exact) mass is 448 g/mol. The number of sulfonamides is 1. The summed E-state index contributed by atoms with van der Waals surface area (Å²) in [5.74, 6) is -0.780. The van der Waals surface area contributed by atoms with Gasteiger partial charge in [0.05, 0.1) is 28.7 Å². The van der Waals surface area contributed by atoms with Crippen molar-refractivity contribution in [2.45, 2.75) is 19.4 Å². The minimum atomic E-state index is -3.26. The van der Waals surface area contributed by atoms with Crippen LogP contribution in [0.5, 0.6) is 0 Å². The Kier molecular flexibility index (Phi) is 5.81. The van der Waals surface area contributed by atoms with E-state index in [0.717, 1.165) is 0 Å². The zero-order chi connectivity index (χ0) is 21.3. The number of hydrogen-bond donors (Lipinski definition) is 0. The molecule has 1 aromatic carbocycles. The Balaban J connectivity index is 1.62. The molecule has 0 radical (unpaired) electrons. The van der Waals surface area contributed by atoms with Crippen LogP contribution in [0.3, 0.4) is 0 Å². The number of benzene rings is 1. The van der Waals surface area contributed by atoms with Gasteiger partial charge in [-0.1, -0.05) is 17.4 Å². The summed E-state index contributed by atoms with van der Waals surface area (Å²) in [5, 5.41) is 0.483. The van der Waals surface area contributed by atoms with Gasteiger partial charge in [-0.05, 0) is 43.2 Å². The van der Waals surface area contributed by atoms with Gasteiger partial charge < -0.3 is 0 Å². The smallest absolute Gasteiger partial charge is 0.232 e. The lowest BCUT2D eigenvalue weighted by atomic mass is 9.96. The number of fused-ring (bicyclic) bond motifs is 1. The number of halogens is 1. The van der Waals surface area contributed by atoms with Crippen molar-refractivity contribution in [1.82, 2.24) is 14.3 Å². The topological polar surface area (TPSA) is 83.5 Å². The number of anilines is 1. The van der Waals surface area contributed by atoms with Crippen molar-refractivity contribution in [3.8, 4) is 0 Å². The highest BCUT2D eigenvalue weighted by Gasteiger charge is 2.33. The number of thiazole rings is 1. The van der Waals surface area contributed by atoms with Crippen LogP contribution in [0.4, 0.5) is 9.52 Å². The summed E-state index contributed by atoms with van der Waals surface area (Å²) in [6, 6.07) is 9.83. The van der Waals surface area contributed by atoms with Crippen molar-refractivity contribution in [2.24, 2.45) is 5.92 Å².